The average Bonchev–Trinajstić information content (AvgIpc) is 3.17. The molecule has 0 saturated heterocycles. The standard InChI is InChI=1S/C32H52O4/c1-19(2)21-11-16-32(27(34)35)18-17-30(7)22(26(21)32)9-10-24-29(6)14-13-25(36-20(3)33)28(4,5)23(29)12-15-31(24,30)8/h19,21-26H,9-18H2,1-8H3,(H,34,35)/t21-,22?,23-,24+,25-,26-,29-,30+,31+,32-/m0/s1. The van der Waals surface area contributed by atoms with Crippen molar-refractivity contribution in [2.75, 3.05) is 0 Å². The monoisotopic (exact) mass is 500 g/mol. The van der Waals surface area contributed by atoms with Gasteiger partial charge in [-0.3, -0.25) is 9.59 Å². The largest absolute Gasteiger partial charge is 0.481 e. The molecule has 36 heavy (non-hydrogen) atoms. The van der Waals surface area contributed by atoms with Crippen molar-refractivity contribution < 1.29 is 19.4 Å². The molecule has 10 atom stereocenters. The fraction of sp³-hybridized carbons (Fsp3) is 0.938. The Morgan fingerprint density at radius 3 is 2.11 bits per heavy atom. The summed E-state index contributed by atoms with van der Waals surface area (Å²) in [4.78, 5) is 24.7. The van der Waals surface area contributed by atoms with Crippen LogP contribution < -0.4 is 0 Å². The first kappa shape index (κ1) is 26.5. The normalized spacial score (nSPS) is 51.5. The Morgan fingerprint density at radius 2 is 1.50 bits per heavy atom. The van der Waals surface area contributed by atoms with E-state index in [0.29, 0.717) is 35.5 Å². The number of ether oxygens (including phenoxy) is 1. The molecule has 5 fully saturated rings. The zero-order valence-corrected chi connectivity index (χ0v) is 24.3. The maximum Gasteiger partial charge on any atom is 0.309 e. The third-order valence-electron chi connectivity index (χ3n) is 14.0. The number of hydrogen-bond acceptors (Lipinski definition) is 3. The van der Waals surface area contributed by atoms with E-state index in [4.69, 9.17) is 4.74 Å². The predicted molar refractivity (Wildman–Crippen MR) is 142 cm³/mol. The number of fused-ring (bicyclic) bond motifs is 7. The molecular formula is C32H52O4. The van der Waals surface area contributed by atoms with Crippen LogP contribution in [-0.4, -0.2) is 23.1 Å². The molecule has 0 spiro atoms. The van der Waals surface area contributed by atoms with E-state index in [-0.39, 0.29) is 33.7 Å². The van der Waals surface area contributed by atoms with Crippen molar-refractivity contribution in [1.82, 2.24) is 0 Å². The second-order valence-electron chi connectivity index (χ2n) is 15.6. The van der Waals surface area contributed by atoms with E-state index < -0.39 is 11.4 Å². The molecular weight excluding hydrogens is 448 g/mol. The molecule has 0 bridgehead atoms. The minimum atomic E-state index is -0.508. The molecule has 4 nitrogen and oxygen atoms in total. The van der Waals surface area contributed by atoms with Crippen LogP contribution in [0.3, 0.4) is 0 Å². The maximum absolute atomic E-state index is 12.8. The van der Waals surface area contributed by atoms with Crippen LogP contribution in [0.5, 0.6) is 0 Å². The molecule has 0 radical (unpaired) electrons. The zero-order valence-electron chi connectivity index (χ0n) is 24.3. The summed E-state index contributed by atoms with van der Waals surface area (Å²) >= 11 is 0. The predicted octanol–water partition coefficient (Wildman–Crippen LogP) is 7.74. The van der Waals surface area contributed by atoms with Gasteiger partial charge in [-0.1, -0.05) is 48.5 Å². The Balaban J connectivity index is 1.52. The quantitative estimate of drug-likeness (QED) is 0.403. The highest BCUT2D eigenvalue weighted by atomic mass is 16.5. The lowest BCUT2D eigenvalue weighted by Gasteiger charge is -2.72. The van der Waals surface area contributed by atoms with E-state index in [1.54, 1.807) is 6.92 Å². The Morgan fingerprint density at radius 1 is 0.806 bits per heavy atom. The van der Waals surface area contributed by atoms with Gasteiger partial charge in [0.1, 0.15) is 6.10 Å². The summed E-state index contributed by atoms with van der Waals surface area (Å²) in [6, 6.07) is 0. The van der Waals surface area contributed by atoms with Crippen LogP contribution >= 0.6 is 0 Å². The number of esters is 1. The lowest BCUT2D eigenvalue weighted by Crippen LogP contribution is -2.67. The lowest BCUT2D eigenvalue weighted by atomic mass is 9.32. The number of carbonyl (C=O) groups is 2. The van der Waals surface area contributed by atoms with Crippen LogP contribution in [0.1, 0.15) is 120 Å². The Labute approximate surface area is 219 Å². The molecule has 5 aliphatic carbocycles. The number of carbonyl (C=O) groups excluding carboxylic acids is 1. The summed E-state index contributed by atoms with van der Waals surface area (Å²) in [6.45, 7) is 18.7. The van der Waals surface area contributed by atoms with Gasteiger partial charge in [0, 0.05) is 12.3 Å². The topological polar surface area (TPSA) is 63.6 Å². The fourth-order valence-electron chi connectivity index (χ4n) is 12.1. The summed E-state index contributed by atoms with van der Waals surface area (Å²) in [5, 5.41) is 10.6. The van der Waals surface area contributed by atoms with E-state index >= 15 is 0 Å². The van der Waals surface area contributed by atoms with Gasteiger partial charge in [-0.2, -0.15) is 0 Å². The van der Waals surface area contributed by atoms with Crippen LogP contribution in [0.2, 0.25) is 0 Å². The van der Waals surface area contributed by atoms with Gasteiger partial charge in [0.2, 0.25) is 0 Å². The van der Waals surface area contributed by atoms with Crippen molar-refractivity contribution >= 4 is 11.9 Å². The van der Waals surface area contributed by atoms with Crippen LogP contribution in [0.15, 0.2) is 0 Å². The van der Waals surface area contributed by atoms with Crippen molar-refractivity contribution in [3.05, 3.63) is 0 Å². The van der Waals surface area contributed by atoms with Gasteiger partial charge < -0.3 is 9.84 Å². The molecule has 1 unspecified atom stereocenters. The highest BCUT2D eigenvalue weighted by Gasteiger charge is 2.72. The smallest absolute Gasteiger partial charge is 0.309 e. The van der Waals surface area contributed by atoms with Crippen LogP contribution in [0, 0.1) is 62.6 Å². The molecule has 0 aromatic heterocycles. The molecule has 1 N–H and O–H groups in total. The number of carboxylic acid groups (broad SMARTS) is 1. The summed E-state index contributed by atoms with van der Waals surface area (Å²) in [5.74, 6) is 2.48. The molecule has 0 aromatic carbocycles. The summed E-state index contributed by atoms with van der Waals surface area (Å²) in [5.41, 5.74) is 0.169. The van der Waals surface area contributed by atoms with Gasteiger partial charge in [-0.05, 0) is 116 Å². The molecule has 0 aromatic rings. The molecule has 204 valence electrons. The van der Waals surface area contributed by atoms with Crippen molar-refractivity contribution in [2.45, 2.75) is 126 Å². The first-order valence-electron chi connectivity index (χ1n) is 15.1. The molecule has 0 amide bonds. The Kier molecular flexibility index (Phi) is 6.06. The van der Waals surface area contributed by atoms with Crippen molar-refractivity contribution in [2.24, 2.45) is 62.6 Å². The van der Waals surface area contributed by atoms with Gasteiger partial charge in [0.05, 0.1) is 5.41 Å². The summed E-state index contributed by atoms with van der Waals surface area (Å²) < 4.78 is 5.89. The Hall–Kier alpha value is -1.06. The van der Waals surface area contributed by atoms with Crippen LogP contribution in [0.25, 0.3) is 0 Å². The van der Waals surface area contributed by atoms with E-state index in [0.717, 1.165) is 38.5 Å². The highest BCUT2D eigenvalue weighted by Crippen LogP contribution is 2.77. The second-order valence-corrected chi connectivity index (χ2v) is 15.6. The summed E-state index contributed by atoms with van der Waals surface area (Å²) in [6.07, 6.45) is 10.9. The van der Waals surface area contributed by atoms with Crippen LogP contribution in [-0.2, 0) is 14.3 Å². The third-order valence-corrected chi connectivity index (χ3v) is 14.0. The third kappa shape index (κ3) is 3.23. The van der Waals surface area contributed by atoms with E-state index in [1.807, 2.05) is 0 Å². The summed E-state index contributed by atoms with van der Waals surface area (Å²) in [7, 11) is 0. The average molecular weight is 501 g/mol. The van der Waals surface area contributed by atoms with Gasteiger partial charge in [-0.15, -0.1) is 0 Å². The minimum absolute atomic E-state index is 0.0144. The first-order valence-corrected chi connectivity index (χ1v) is 15.1. The number of carboxylic acids is 1. The number of aliphatic carboxylic acids is 1. The zero-order chi connectivity index (χ0) is 26.5. The molecule has 0 heterocycles. The van der Waals surface area contributed by atoms with Gasteiger partial charge in [0.15, 0.2) is 0 Å². The van der Waals surface area contributed by atoms with Gasteiger partial charge >= 0.3 is 11.9 Å². The Bertz CT molecular complexity index is 923. The number of rotatable bonds is 3. The molecule has 4 heteroatoms. The second kappa shape index (κ2) is 8.22. The highest BCUT2D eigenvalue weighted by molar-refractivity contribution is 5.76. The van der Waals surface area contributed by atoms with Crippen LogP contribution in [0.4, 0.5) is 0 Å². The SMILES string of the molecule is CC(=O)O[C@H]1CC[C@]2(C)[C@H]3CCC4[C@@H]5[C@H](C(C)C)CC[C@]5(C(=O)O)CC[C@@]4(C)[C@]3(C)CC[C@H]2C1(C)C. The first-order chi connectivity index (χ1) is 16.6. The molecule has 5 aliphatic rings. The van der Waals surface area contributed by atoms with Gasteiger partial charge in [0.25, 0.3) is 0 Å². The van der Waals surface area contributed by atoms with Gasteiger partial charge in [-0.25, -0.2) is 0 Å². The lowest BCUT2D eigenvalue weighted by molar-refractivity contribution is -0.251. The van der Waals surface area contributed by atoms with Crippen molar-refractivity contribution in [1.29, 1.82) is 0 Å². The minimum Gasteiger partial charge on any atom is -0.481 e. The van der Waals surface area contributed by atoms with Crippen molar-refractivity contribution in [3.63, 3.8) is 0 Å². The van der Waals surface area contributed by atoms with E-state index in [9.17, 15) is 14.7 Å². The molecule has 5 rings (SSSR count). The van der Waals surface area contributed by atoms with E-state index in [1.165, 1.54) is 25.7 Å². The molecule has 0 aliphatic heterocycles. The van der Waals surface area contributed by atoms with E-state index in [2.05, 4.69) is 48.5 Å². The number of hydrogen-bond donors (Lipinski definition) is 1. The molecule has 5 saturated carbocycles. The fourth-order valence-corrected chi connectivity index (χ4v) is 12.1. The van der Waals surface area contributed by atoms with Crippen molar-refractivity contribution in [3.8, 4) is 0 Å². The maximum atomic E-state index is 12.8.